The molecule has 1 N–H and O–H groups in total. The summed E-state index contributed by atoms with van der Waals surface area (Å²) in [6, 6.07) is 3.28. The number of aromatic nitrogens is 3. The van der Waals surface area contributed by atoms with Gasteiger partial charge in [-0.15, -0.1) is 0 Å². The minimum absolute atomic E-state index is 0.119. The molecule has 0 radical (unpaired) electrons. The Morgan fingerprint density at radius 3 is 2.92 bits per heavy atom. The zero-order valence-corrected chi connectivity index (χ0v) is 14.4. The molecule has 2 aromatic heterocycles. The van der Waals surface area contributed by atoms with Gasteiger partial charge < -0.3 is 18.9 Å². The predicted octanol–water partition coefficient (Wildman–Crippen LogP) is 1.92. The summed E-state index contributed by atoms with van der Waals surface area (Å²) in [5.74, 6) is 0.967. The summed E-state index contributed by atoms with van der Waals surface area (Å²) in [5.41, 5.74) is 0.204. The number of hydrogen-bond donors (Lipinski definition) is 1. The van der Waals surface area contributed by atoms with Crippen LogP contribution >= 0.6 is 0 Å². The number of benzene rings is 1. The predicted molar refractivity (Wildman–Crippen MR) is 94.5 cm³/mol. The standard InChI is InChI=1S/C18H19N3O5/c1-24-15-7-14-12(6-13(15)16-8-19-10-26-16)17(22)21(18(23)20-14)9-11-4-2-3-5-25-11/h6-8,10-11H,2-5,9H2,1H3,(H,20,23). The van der Waals surface area contributed by atoms with Crippen molar-refractivity contribution < 1.29 is 13.9 Å². The first kappa shape index (κ1) is 16.6. The van der Waals surface area contributed by atoms with Gasteiger partial charge in [0, 0.05) is 12.7 Å². The summed E-state index contributed by atoms with van der Waals surface area (Å²) in [4.78, 5) is 32.0. The second kappa shape index (κ2) is 6.80. The van der Waals surface area contributed by atoms with Crippen LogP contribution < -0.4 is 16.0 Å². The van der Waals surface area contributed by atoms with Crippen LogP contribution in [0.25, 0.3) is 22.2 Å². The Hall–Kier alpha value is -2.87. The highest BCUT2D eigenvalue weighted by atomic mass is 16.5. The van der Waals surface area contributed by atoms with Gasteiger partial charge in [0.25, 0.3) is 5.56 Å². The topological polar surface area (TPSA) is 99.3 Å². The molecule has 0 saturated carbocycles. The second-order valence-electron chi connectivity index (χ2n) is 6.30. The highest BCUT2D eigenvalue weighted by Crippen LogP contribution is 2.32. The Kier molecular flexibility index (Phi) is 4.34. The van der Waals surface area contributed by atoms with Gasteiger partial charge in [0.05, 0.1) is 42.4 Å². The number of fused-ring (bicyclic) bond motifs is 1. The molecule has 1 aliphatic rings. The van der Waals surface area contributed by atoms with E-state index in [0.29, 0.717) is 34.6 Å². The van der Waals surface area contributed by atoms with E-state index >= 15 is 0 Å². The Bertz CT molecular complexity index is 1030. The number of hydrogen-bond acceptors (Lipinski definition) is 6. The molecule has 1 atom stereocenters. The zero-order valence-electron chi connectivity index (χ0n) is 14.4. The van der Waals surface area contributed by atoms with Crippen LogP contribution in [0.2, 0.25) is 0 Å². The van der Waals surface area contributed by atoms with Crippen LogP contribution in [-0.4, -0.2) is 34.4 Å². The monoisotopic (exact) mass is 357 g/mol. The van der Waals surface area contributed by atoms with Gasteiger partial charge in [-0.3, -0.25) is 9.36 Å². The smallest absolute Gasteiger partial charge is 0.328 e. The molecule has 8 nitrogen and oxygen atoms in total. The quantitative estimate of drug-likeness (QED) is 0.766. The second-order valence-corrected chi connectivity index (χ2v) is 6.30. The van der Waals surface area contributed by atoms with Crippen molar-refractivity contribution in [1.82, 2.24) is 14.5 Å². The third-order valence-corrected chi connectivity index (χ3v) is 4.66. The molecule has 1 saturated heterocycles. The Morgan fingerprint density at radius 1 is 1.35 bits per heavy atom. The number of H-pyrrole nitrogens is 1. The third kappa shape index (κ3) is 2.92. The van der Waals surface area contributed by atoms with E-state index in [9.17, 15) is 9.59 Å². The summed E-state index contributed by atoms with van der Waals surface area (Å²) in [6.07, 6.45) is 5.63. The molecule has 136 valence electrons. The summed E-state index contributed by atoms with van der Waals surface area (Å²) < 4.78 is 17.6. The van der Waals surface area contributed by atoms with Gasteiger partial charge >= 0.3 is 5.69 Å². The lowest BCUT2D eigenvalue weighted by atomic mass is 10.1. The molecule has 1 unspecified atom stereocenters. The fourth-order valence-corrected chi connectivity index (χ4v) is 3.31. The minimum Gasteiger partial charge on any atom is -0.496 e. The Morgan fingerprint density at radius 2 is 2.23 bits per heavy atom. The van der Waals surface area contributed by atoms with E-state index in [4.69, 9.17) is 13.9 Å². The molecule has 26 heavy (non-hydrogen) atoms. The molecular weight excluding hydrogens is 338 g/mol. The van der Waals surface area contributed by atoms with Crippen LogP contribution in [-0.2, 0) is 11.3 Å². The maximum Gasteiger partial charge on any atom is 0.328 e. The van der Waals surface area contributed by atoms with E-state index in [1.54, 1.807) is 18.3 Å². The molecule has 3 heterocycles. The van der Waals surface area contributed by atoms with Crippen LogP contribution in [0.5, 0.6) is 5.75 Å². The van der Waals surface area contributed by atoms with Gasteiger partial charge in [-0.05, 0) is 25.3 Å². The molecule has 4 rings (SSSR count). The van der Waals surface area contributed by atoms with Crippen molar-refractivity contribution in [2.24, 2.45) is 0 Å². The number of nitrogens with zero attached hydrogens (tertiary/aromatic N) is 2. The van der Waals surface area contributed by atoms with Crippen LogP contribution in [0, 0.1) is 0 Å². The van der Waals surface area contributed by atoms with Crippen LogP contribution in [0.4, 0.5) is 0 Å². The maximum absolute atomic E-state index is 12.9. The number of methoxy groups -OCH3 is 1. The lowest BCUT2D eigenvalue weighted by molar-refractivity contribution is 0.00480. The van der Waals surface area contributed by atoms with Crippen molar-refractivity contribution in [3.05, 3.63) is 45.6 Å². The first-order valence-electron chi connectivity index (χ1n) is 8.52. The fourth-order valence-electron chi connectivity index (χ4n) is 3.31. The van der Waals surface area contributed by atoms with E-state index < -0.39 is 5.69 Å². The van der Waals surface area contributed by atoms with Crippen molar-refractivity contribution in [3.8, 4) is 17.1 Å². The van der Waals surface area contributed by atoms with Crippen LogP contribution in [0.15, 0.2) is 38.7 Å². The lowest BCUT2D eigenvalue weighted by Crippen LogP contribution is -2.39. The van der Waals surface area contributed by atoms with Crippen molar-refractivity contribution in [2.75, 3.05) is 13.7 Å². The van der Waals surface area contributed by atoms with Gasteiger partial charge in [-0.1, -0.05) is 0 Å². The molecular formula is C18H19N3O5. The van der Waals surface area contributed by atoms with E-state index in [2.05, 4.69) is 9.97 Å². The lowest BCUT2D eigenvalue weighted by Gasteiger charge is -2.22. The minimum atomic E-state index is -0.453. The van der Waals surface area contributed by atoms with E-state index in [0.717, 1.165) is 19.3 Å². The molecule has 1 aliphatic heterocycles. The molecule has 1 aromatic carbocycles. The SMILES string of the molecule is COc1cc2[nH]c(=O)n(CC3CCCCO3)c(=O)c2cc1-c1cnco1. The van der Waals surface area contributed by atoms with Gasteiger partial charge in [-0.25, -0.2) is 9.78 Å². The molecule has 0 amide bonds. The number of nitrogens with one attached hydrogen (secondary N) is 1. The summed E-state index contributed by atoms with van der Waals surface area (Å²) >= 11 is 0. The number of aromatic amines is 1. The van der Waals surface area contributed by atoms with Gasteiger partial charge in [0.2, 0.25) is 0 Å². The number of oxazole rings is 1. The maximum atomic E-state index is 12.9. The average Bonchev–Trinajstić information content (AvgIpc) is 3.19. The van der Waals surface area contributed by atoms with E-state index in [-0.39, 0.29) is 18.2 Å². The van der Waals surface area contributed by atoms with E-state index in [1.807, 2.05) is 0 Å². The molecule has 3 aromatic rings. The third-order valence-electron chi connectivity index (χ3n) is 4.66. The number of rotatable bonds is 4. The molecule has 0 aliphatic carbocycles. The molecule has 8 heteroatoms. The highest BCUT2D eigenvalue weighted by Gasteiger charge is 2.19. The number of ether oxygens (including phenoxy) is 2. The van der Waals surface area contributed by atoms with Crippen molar-refractivity contribution in [3.63, 3.8) is 0 Å². The Labute approximate surface area is 148 Å². The van der Waals surface area contributed by atoms with Crippen molar-refractivity contribution in [2.45, 2.75) is 31.9 Å². The van der Waals surface area contributed by atoms with Gasteiger partial charge in [-0.2, -0.15) is 0 Å². The molecule has 1 fully saturated rings. The average molecular weight is 357 g/mol. The highest BCUT2D eigenvalue weighted by molar-refractivity contribution is 5.86. The Balaban J connectivity index is 1.85. The fraction of sp³-hybridized carbons (Fsp3) is 0.389. The molecule has 0 spiro atoms. The van der Waals surface area contributed by atoms with Crippen LogP contribution in [0.3, 0.4) is 0 Å². The van der Waals surface area contributed by atoms with E-state index in [1.165, 1.54) is 18.1 Å². The summed E-state index contributed by atoms with van der Waals surface area (Å²) in [5, 5.41) is 0.382. The normalized spacial score (nSPS) is 17.5. The summed E-state index contributed by atoms with van der Waals surface area (Å²) in [7, 11) is 1.51. The summed E-state index contributed by atoms with van der Waals surface area (Å²) in [6.45, 7) is 0.908. The van der Waals surface area contributed by atoms with Crippen molar-refractivity contribution in [1.29, 1.82) is 0 Å². The first-order chi connectivity index (χ1) is 12.7. The van der Waals surface area contributed by atoms with Crippen molar-refractivity contribution >= 4 is 10.9 Å². The molecule has 0 bridgehead atoms. The van der Waals surface area contributed by atoms with Gasteiger partial charge in [0.15, 0.2) is 12.2 Å². The zero-order chi connectivity index (χ0) is 18.1. The largest absolute Gasteiger partial charge is 0.496 e. The van der Waals surface area contributed by atoms with Gasteiger partial charge in [0.1, 0.15) is 5.75 Å². The first-order valence-corrected chi connectivity index (χ1v) is 8.52. The van der Waals surface area contributed by atoms with Crippen LogP contribution in [0.1, 0.15) is 19.3 Å².